The number of carbonyl (C=O) groups excluding carboxylic acids is 2. The maximum absolute atomic E-state index is 14.1. The fourth-order valence-electron chi connectivity index (χ4n) is 3.73. The molecule has 1 aromatic carbocycles. The molecule has 0 bridgehead atoms. The Kier molecular flexibility index (Phi) is 6.65. The summed E-state index contributed by atoms with van der Waals surface area (Å²) in [5.74, 6) is -0.603. The summed E-state index contributed by atoms with van der Waals surface area (Å²) in [6, 6.07) is 6.72. The molecule has 2 fully saturated rings. The second kappa shape index (κ2) is 8.82. The number of rotatable bonds is 6. The summed E-state index contributed by atoms with van der Waals surface area (Å²) in [4.78, 5) is 22.9. The second-order valence-corrected chi connectivity index (χ2v) is 10.0. The molecule has 0 spiro atoms. The predicted octanol–water partition coefficient (Wildman–Crippen LogP) is 2.22. The van der Waals surface area contributed by atoms with Crippen molar-refractivity contribution in [2.75, 3.05) is 26.2 Å². The maximum Gasteiger partial charge on any atom is 0.395 e. The number of amides is 2. The van der Waals surface area contributed by atoms with Crippen LogP contribution >= 0.6 is 19.3 Å². The number of nitrogens with zero attached hydrogens (tertiary/aromatic N) is 2. The molecule has 10 heteroatoms. The fourth-order valence-corrected chi connectivity index (χ4v) is 6.32. The number of nitrogens with two attached hydrogens (primary N) is 2. The van der Waals surface area contributed by atoms with E-state index in [-0.39, 0.29) is 23.7 Å². The standard InChI is InChI=1S/C18H26ClN4O4P/c19-15-1-3-16(4-2-15)27-28(26,22-9-5-13(6-10-22)17(20)24)23-11-7-14(8-12-23)18(21)25/h1-4,13-14H,5-12H2,(H2,20,24)(H2,21,25). The molecule has 0 aromatic heterocycles. The average molecular weight is 429 g/mol. The molecule has 0 aliphatic carbocycles. The summed E-state index contributed by atoms with van der Waals surface area (Å²) in [5, 5.41) is 0.562. The van der Waals surface area contributed by atoms with E-state index in [2.05, 4.69) is 0 Å². The van der Waals surface area contributed by atoms with Crippen molar-refractivity contribution < 1.29 is 18.7 Å². The first-order valence-corrected chi connectivity index (χ1v) is 11.3. The summed E-state index contributed by atoms with van der Waals surface area (Å²) in [6.07, 6.45) is 2.17. The molecule has 2 aliphatic rings. The molecule has 4 N–H and O–H groups in total. The van der Waals surface area contributed by atoms with Gasteiger partial charge in [-0.2, -0.15) is 0 Å². The van der Waals surface area contributed by atoms with Crippen molar-refractivity contribution in [3.8, 4) is 5.75 Å². The van der Waals surface area contributed by atoms with Gasteiger partial charge in [-0.25, -0.2) is 13.9 Å². The minimum atomic E-state index is -3.40. The molecule has 2 aliphatic heterocycles. The molecule has 2 saturated heterocycles. The number of benzene rings is 1. The molecular formula is C18H26ClN4O4P. The van der Waals surface area contributed by atoms with Gasteiger partial charge >= 0.3 is 7.67 Å². The number of halogens is 1. The van der Waals surface area contributed by atoms with Crippen LogP contribution in [0.1, 0.15) is 25.7 Å². The third kappa shape index (κ3) is 4.69. The van der Waals surface area contributed by atoms with Gasteiger partial charge in [-0.15, -0.1) is 0 Å². The number of hydrogen-bond acceptors (Lipinski definition) is 4. The Bertz CT molecular complexity index is 721. The average Bonchev–Trinajstić information content (AvgIpc) is 2.70. The van der Waals surface area contributed by atoms with Crippen LogP contribution in [0.3, 0.4) is 0 Å². The van der Waals surface area contributed by atoms with Crippen molar-refractivity contribution in [3.63, 3.8) is 0 Å². The van der Waals surface area contributed by atoms with Crippen molar-refractivity contribution in [1.29, 1.82) is 0 Å². The van der Waals surface area contributed by atoms with E-state index < -0.39 is 7.67 Å². The number of primary amides is 2. The van der Waals surface area contributed by atoms with Gasteiger partial charge in [0.05, 0.1) is 0 Å². The van der Waals surface area contributed by atoms with Gasteiger partial charge in [0.2, 0.25) is 11.8 Å². The molecule has 154 valence electrons. The molecule has 0 unspecified atom stereocenters. The lowest BCUT2D eigenvalue weighted by Crippen LogP contribution is -2.45. The number of hydrogen-bond donors (Lipinski definition) is 2. The molecular weight excluding hydrogens is 403 g/mol. The van der Waals surface area contributed by atoms with Crippen LogP contribution in [0.25, 0.3) is 0 Å². The molecule has 2 heterocycles. The number of piperidine rings is 2. The Balaban J connectivity index is 1.80. The van der Waals surface area contributed by atoms with Gasteiger partial charge in [0.15, 0.2) is 0 Å². The van der Waals surface area contributed by atoms with Gasteiger partial charge < -0.3 is 16.0 Å². The van der Waals surface area contributed by atoms with E-state index in [1.807, 2.05) is 9.34 Å². The van der Waals surface area contributed by atoms with E-state index >= 15 is 0 Å². The van der Waals surface area contributed by atoms with Crippen molar-refractivity contribution >= 4 is 31.1 Å². The first kappa shape index (κ1) is 21.1. The van der Waals surface area contributed by atoms with Crippen molar-refractivity contribution in [3.05, 3.63) is 29.3 Å². The van der Waals surface area contributed by atoms with Gasteiger partial charge in [0.1, 0.15) is 5.75 Å². The van der Waals surface area contributed by atoms with E-state index in [1.54, 1.807) is 24.3 Å². The Morgan fingerprint density at radius 2 is 1.29 bits per heavy atom. The maximum atomic E-state index is 14.1. The van der Waals surface area contributed by atoms with E-state index in [0.717, 1.165) is 0 Å². The molecule has 1 aromatic rings. The molecule has 2 amide bonds. The van der Waals surface area contributed by atoms with Crippen molar-refractivity contribution in [2.45, 2.75) is 25.7 Å². The first-order valence-electron chi connectivity index (χ1n) is 9.44. The van der Waals surface area contributed by atoms with Crippen LogP contribution < -0.4 is 16.0 Å². The van der Waals surface area contributed by atoms with Gasteiger partial charge in [0, 0.05) is 43.0 Å². The highest BCUT2D eigenvalue weighted by molar-refractivity contribution is 7.54. The fraction of sp³-hybridized carbons (Fsp3) is 0.556. The Labute approximate surface area is 169 Å². The highest BCUT2D eigenvalue weighted by atomic mass is 35.5. The van der Waals surface area contributed by atoms with Gasteiger partial charge in [-0.3, -0.25) is 9.59 Å². The SMILES string of the molecule is NC(=O)C1CCN(P(=O)(Oc2ccc(Cl)cc2)N2CCC(C(N)=O)CC2)CC1. The Hall–Kier alpha value is -1.60. The largest absolute Gasteiger partial charge is 0.422 e. The minimum Gasteiger partial charge on any atom is -0.422 e. The summed E-state index contributed by atoms with van der Waals surface area (Å²) < 4.78 is 23.8. The van der Waals surface area contributed by atoms with E-state index in [1.165, 1.54) is 0 Å². The van der Waals surface area contributed by atoms with Gasteiger partial charge in [-0.05, 0) is 49.9 Å². The number of carbonyl (C=O) groups is 2. The monoisotopic (exact) mass is 428 g/mol. The molecule has 0 atom stereocenters. The lowest BCUT2D eigenvalue weighted by Gasteiger charge is -2.42. The highest BCUT2D eigenvalue weighted by Gasteiger charge is 2.44. The van der Waals surface area contributed by atoms with Crippen LogP contribution in [-0.4, -0.2) is 47.3 Å². The summed E-state index contributed by atoms with van der Waals surface area (Å²) in [7, 11) is -3.40. The molecule has 0 saturated carbocycles. The Morgan fingerprint density at radius 1 is 0.893 bits per heavy atom. The zero-order chi connectivity index (χ0) is 20.3. The zero-order valence-electron chi connectivity index (χ0n) is 15.6. The zero-order valence-corrected chi connectivity index (χ0v) is 17.3. The van der Waals surface area contributed by atoms with Crippen LogP contribution in [0.15, 0.2) is 24.3 Å². The molecule has 0 radical (unpaired) electrons. The van der Waals surface area contributed by atoms with Gasteiger partial charge in [-0.1, -0.05) is 11.6 Å². The first-order chi connectivity index (χ1) is 13.3. The van der Waals surface area contributed by atoms with E-state index in [9.17, 15) is 14.2 Å². The normalized spacial score (nSPS) is 20.8. The van der Waals surface area contributed by atoms with Crippen LogP contribution in [0, 0.1) is 11.8 Å². The van der Waals surface area contributed by atoms with E-state index in [0.29, 0.717) is 62.6 Å². The van der Waals surface area contributed by atoms with Gasteiger partial charge in [0.25, 0.3) is 0 Å². The second-order valence-electron chi connectivity index (χ2n) is 7.30. The van der Waals surface area contributed by atoms with Crippen LogP contribution in [0.4, 0.5) is 0 Å². The molecule has 3 rings (SSSR count). The summed E-state index contributed by atoms with van der Waals surface area (Å²) in [5.41, 5.74) is 10.8. The minimum absolute atomic E-state index is 0.208. The topological polar surface area (TPSA) is 119 Å². The lowest BCUT2D eigenvalue weighted by molar-refractivity contribution is -0.123. The third-order valence-electron chi connectivity index (χ3n) is 5.50. The molecule has 8 nitrogen and oxygen atoms in total. The quantitative estimate of drug-likeness (QED) is 0.670. The lowest BCUT2D eigenvalue weighted by atomic mass is 9.98. The van der Waals surface area contributed by atoms with Crippen molar-refractivity contribution in [1.82, 2.24) is 9.34 Å². The van der Waals surface area contributed by atoms with Crippen molar-refractivity contribution in [2.24, 2.45) is 23.3 Å². The van der Waals surface area contributed by atoms with Crippen LogP contribution in [0.2, 0.25) is 5.02 Å². The predicted molar refractivity (Wildman–Crippen MR) is 107 cm³/mol. The smallest absolute Gasteiger partial charge is 0.395 e. The van der Waals surface area contributed by atoms with E-state index in [4.69, 9.17) is 27.6 Å². The van der Waals surface area contributed by atoms with Crippen LogP contribution in [-0.2, 0) is 14.2 Å². The van der Waals surface area contributed by atoms with Crippen LogP contribution in [0.5, 0.6) is 5.75 Å². The summed E-state index contributed by atoms with van der Waals surface area (Å²) in [6.45, 7) is 1.81. The summed E-state index contributed by atoms with van der Waals surface area (Å²) >= 11 is 5.94. The molecule has 28 heavy (non-hydrogen) atoms. The third-order valence-corrected chi connectivity index (χ3v) is 8.43. The highest BCUT2D eigenvalue weighted by Crippen LogP contribution is 2.56. The Morgan fingerprint density at radius 3 is 1.64 bits per heavy atom.